The molecule has 0 aliphatic heterocycles. The molecule has 0 bridgehead atoms. The molecule has 90 valence electrons. The van der Waals surface area contributed by atoms with Crippen molar-refractivity contribution in [3.63, 3.8) is 0 Å². The Labute approximate surface area is 100 Å². The van der Waals surface area contributed by atoms with E-state index < -0.39 is 14.6 Å². The van der Waals surface area contributed by atoms with Crippen LogP contribution in [0.3, 0.4) is 0 Å². The normalized spacial score (nSPS) is 12.5. The van der Waals surface area contributed by atoms with Crippen molar-refractivity contribution in [3.05, 3.63) is 17.5 Å². The molecule has 0 saturated carbocycles. The maximum Gasteiger partial charge on any atom is 0.154 e. The van der Waals surface area contributed by atoms with Gasteiger partial charge in [-0.3, -0.25) is 4.98 Å². The monoisotopic (exact) mass is 263 g/mol. The molecular weight excluding hydrogens is 250 g/mol. The van der Waals surface area contributed by atoms with E-state index in [2.05, 4.69) is 15.3 Å². The van der Waals surface area contributed by atoms with Gasteiger partial charge in [0.2, 0.25) is 0 Å². The minimum absolute atomic E-state index is 0.251. The molecule has 1 N–H and O–H groups in total. The Morgan fingerprint density at radius 2 is 2.06 bits per heavy atom. The first kappa shape index (κ1) is 13.2. The lowest BCUT2D eigenvalue weighted by molar-refractivity contribution is 0.559. The standard InChI is InChI=1S/C9H14ClN3O2S/c1-9(2,16(3,14)15)6-12-8-5-11-4-7(10)13-8/h4-5H,6H2,1-3H3,(H,12,13). The van der Waals surface area contributed by atoms with E-state index >= 15 is 0 Å². The van der Waals surface area contributed by atoms with E-state index in [1.54, 1.807) is 13.8 Å². The highest BCUT2D eigenvalue weighted by Gasteiger charge is 2.29. The van der Waals surface area contributed by atoms with Gasteiger partial charge in [-0.05, 0) is 13.8 Å². The molecule has 1 aromatic rings. The Morgan fingerprint density at radius 3 is 2.56 bits per heavy atom. The maximum atomic E-state index is 11.4. The summed E-state index contributed by atoms with van der Waals surface area (Å²) in [4.78, 5) is 7.80. The number of sulfone groups is 1. The van der Waals surface area contributed by atoms with Crippen molar-refractivity contribution in [1.82, 2.24) is 9.97 Å². The quantitative estimate of drug-likeness (QED) is 0.888. The van der Waals surface area contributed by atoms with E-state index in [9.17, 15) is 8.42 Å². The molecule has 0 fully saturated rings. The summed E-state index contributed by atoms with van der Waals surface area (Å²) in [5.41, 5.74) is 0. The number of hydrogen-bond donors (Lipinski definition) is 1. The van der Waals surface area contributed by atoms with Gasteiger partial charge in [0.15, 0.2) is 9.84 Å². The zero-order valence-electron chi connectivity index (χ0n) is 9.36. The number of halogens is 1. The van der Waals surface area contributed by atoms with Gasteiger partial charge in [-0.1, -0.05) is 11.6 Å². The highest BCUT2D eigenvalue weighted by molar-refractivity contribution is 7.92. The van der Waals surface area contributed by atoms with Gasteiger partial charge in [0.1, 0.15) is 11.0 Å². The third-order valence-electron chi connectivity index (χ3n) is 2.30. The van der Waals surface area contributed by atoms with Crippen molar-refractivity contribution in [2.75, 3.05) is 18.1 Å². The van der Waals surface area contributed by atoms with Crippen molar-refractivity contribution < 1.29 is 8.42 Å². The van der Waals surface area contributed by atoms with Crippen LogP contribution in [0.25, 0.3) is 0 Å². The summed E-state index contributed by atoms with van der Waals surface area (Å²) in [6, 6.07) is 0. The fourth-order valence-corrected chi connectivity index (χ4v) is 1.34. The zero-order chi connectivity index (χ0) is 12.4. The molecule has 0 unspecified atom stereocenters. The first-order chi connectivity index (χ1) is 7.22. The van der Waals surface area contributed by atoms with E-state index in [0.717, 1.165) is 0 Å². The topological polar surface area (TPSA) is 72.0 Å². The number of hydrogen-bond acceptors (Lipinski definition) is 5. The second-order valence-electron chi connectivity index (χ2n) is 4.11. The van der Waals surface area contributed by atoms with Crippen LogP contribution >= 0.6 is 11.6 Å². The third kappa shape index (κ3) is 3.31. The number of rotatable bonds is 4. The lowest BCUT2D eigenvalue weighted by Gasteiger charge is -2.22. The molecule has 16 heavy (non-hydrogen) atoms. The van der Waals surface area contributed by atoms with Crippen LogP contribution in [0.15, 0.2) is 12.4 Å². The van der Waals surface area contributed by atoms with Crippen LogP contribution in [-0.4, -0.2) is 35.9 Å². The molecule has 0 aromatic carbocycles. The summed E-state index contributed by atoms with van der Waals surface area (Å²) in [5, 5.41) is 3.16. The van der Waals surface area contributed by atoms with E-state index in [1.807, 2.05) is 0 Å². The van der Waals surface area contributed by atoms with E-state index in [1.165, 1.54) is 18.6 Å². The van der Waals surface area contributed by atoms with Crippen LogP contribution in [-0.2, 0) is 9.84 Å². The zero-order valence-corrected chi connectivity index (χ0v) is 10.9. The molecule has 0 spiro atoms. The van der Waals surface area contributed by atoms with E-state index in [-0.39, 0.29) is 11.7 Å². The van der Waals surface area contributed by atoms with Crippen LogP contribution < -0.4 is 5.32 Å². The first-order valence-electron chi connectivity index (χ1n) is 4.63. The fraction of sp³-hybridized carbons (Fsp3) is 0.556. The molecule has 1 heterocycles. The van der Waals surface area contributed by atoms with Gasteiger partial charge in [-0.15, -0.1) is 0 Å². The van der Waals surface area contributed by atoms with Crippen LogP contribution in [0, 0.1) is 0 Å². The van der Waals surface area contributed by atoms with Gasteiger partial charge in [0.25, 0.3) is 0 Å². The highest BCUT2D eigenvalue weighted by atomic mass is 35.5. The minimum Gasteiger partial charge on any atom is -0.367 e. The predicted molar refractivity (Wildman–Crippen MR) is 64.5 cm³/mol. The van der Waals surface area contributed by atoms with Gasteiger partial charge >= 0.3 is 0 Å². The predicted octanol–water partition coefficient (Wildman–Crippen LogP) is 1.37. The molecular formula is C9H14ClN3O2S. The number of anilines is 1. The van der Waals surface area contributed by atoms with Gasteiger partial charge in [0, 0.05) is 12.8 Å². The average Bonchev–Trinajstić information content (AvgIpc) is 2.13. The largest absolute Gasteiger partial charge is 0.367 e. The van der Waals surface area contributed by atoms with Crippen molar-refractivity contribution in [3.8, 4) is 0 Å². The Hall–Kier alpha value is -0.880. The number of aromatic nitrogens is 2. The van der Waals surface area contributed by atoms with Crippen molar-refractivity contribution >= 4 is 27.3 Å². The summed E-state index contributed by atoms with van der Waals surface area (Å²) in [6.45, 7) is 3.54. The molecule has 5 nitrogen and oxygen atoms in total. The second kappa shape index (κ2) is 4.55. The van der Waals surface area contributed by atoms with Crippen LogP contribution in [0.4, 0.5) is 5.82 Å². The minimum atomic E-state index is -3.13. The summed E-state index contributed by atoms with van der Waals surface area (Å²) in [6.07, 6.45) is 4.11. The Bertz CT molecular complexity index is 473. The molecule has 0 radical (unpaired) electrons. The number of nitrogens with zero attached hydrogens (tertiary/aromatic N) is 2. The summed E-state index contributed by atoms with van der Waals surface area (Å²) >= 11 is 5.65. The third-order valence-corrected chi connectivity index (χ3v) is 4.64. The molecule has 0 amide bonds. The fourth-order valence-electron chi connectivity index (χ4n) is 0.862. The molecule has 0 aliphatic carbocycles. The second-order valence-corrected chi connectivity index (χ2v) is 7.15. The van der Waals surface area contributed by atoms with Crippen LogP contribution in [0.5, 0.6) is 0 Å². The van der Waals surface area contributed by atoms with Gasteiger partial charge < -0.3 is 5.32 Å². The summed E-state index contributed by atoms with van der Waals surface area (Å²) in [5.74, 6) is 0.462. The van der Waals surface area contributed by atoms with Crippen molar-refractivity contribution in [2.45, 2.75) is 18.6 Å². The lowest BCUT2D eigenvalue weighted by atomic mass is 10.2. The number of nitrogens with one attached hydrogen (secondary N) is 1. The van der Waals surface area contributed by atoms with Crippen molar-refractivity contribution in [2.24, 2.45) is 0 Å². The summed E-state index contributed by atoms with van der Waals surface area (Å²) < 4.78 is 22.0. The smallest absolute Gasteiger partial charge is 0.154 e. The molecule has 0 saturated heterocycles. The maximum absolute atomic E-state index is 11.4. The molecule has 1 rings (SSSR count). The summed E-state index contributed by atoms with van der Waals surface area (Å²) in [7, 11) is -3.13. The van der Waals surface area contributed by atoms with Crippen LogP contribution in [0.1, 0.15) is 13.8 Å². The van der Waals surface area contributed by atoms with Crippen molar-refractivity contribution in [1.29, 1.82) is 0 Å². The SMILES string of the molecule is CC(C)(CNc1cncc(Cl)n1)S(C)(=O)=O. The Morgan fingerprint density at radius 1 is 1.44 bits per heavy atom. The first-order valence-corrected chi connectivity index (χ1v) is 6.90. The molecule has 0 aliphatic rings. The van der Waals surface area contributed by atoms with Gasteiger partial charge in [-0.25, -0.2) is 13.4 Å². The van der Waals surface area contributed by atoms with Crippen LogP contribution in [0.2, 0.25) is 5.15 Å². The van der Waals surface area contributed by atoms with E-state index in [0.29, 0.717) is 5.82 Å². The average molecular weight is 264 g/mol. The van der Waals surface area contributed by atoms with E-state index in [4.69, 9.17) is 11.6 Å². The lowest BCUT2D eigenvalue weighted by Crippen LogP contribution is -2.38. The highest BCUT2D eigenvalue weighted by Crippen LogP contribution is 2.16. The Balaban J connectivity index is 2.72. The van der Waals surface area contributed by atoms with Gasteiger partial charge in [-0.2, -0.15) is 0 Å². The Kier molecular flexibility index (Phi) is 3.75. The van der Waals surface area contributed by atoms with Gasteiger partial charge in [0.05, 0.1) is 17.1 Å². The molecule has 7 heteroatoms. The molecule has 1 aromatic heterocycles. The molecule has 0 atom stereocenters.